The van der Waals surface area contributed by atoms with E-state index in [1.165, 1.54) is 0 Å². The van der Waals surface area contributed by atoms with Gasteiger partial charge in [-0.05, 0) is 31.4 Å². The maximum atomic E-state index is 11.8. The van der Waals surface area contributed by atoms with Crippen LogP contribution in [0.3, 0.4) is 0 Å². The van der Waals surface area contributed by atoms with Crippen molar-refractivity contribution in [2.24, 2.45) is 0 Å². The molecule has 0 saturated heterocycles. The predicted molar refractivity (Wildman–Crippen MR) is 63.8 cm³/mol. The molecule has 0 unspecified atom stereocenters. The lowest BCUT2D eigenvalue weighted by molar-refractivity contribution is 0.0223. The molecule has 0 N–H and O–H groups in total. The average Bonchev–Trinajstić information content (AvgIpc) is 2.33. The maximum Gasteiger partial charge on any atom is 0.338 e. The Kier molecular flexibility index (Phi) is 3.83. The Morgan fingerprint density at radius 3 is 2.56 bits per heavy atom. The summed E-state index contributed by atoms with van der Waals surface area (Å²) in [5.74, 6) is -0.266. The average molecular weight is 239 g/mol. The van der Waals surface area contributed by atoms with Crippen LogP contribution in [0.5, 0.6) is 0 Å². The molecule has 2 nitrogen and oxygen atoms in total. The highest BCUT2D eigenvalue weighted by Crippen LogP contribution is 2.26. The van der Waals surface area contributed by atoms with Crippen LogP contribution in [0.25, 0.3) is 0 Å². The molecule has 2 atom stereocenters. The third-order valence-corrected chi connectivity index (χ3v) is 3.39. The second kappa shape index (κ2) is 5.35. The van der Waals surface area contributed by atoms with Crippen molar-refractivity contribution < 1.29 is 9.53 Å². The van der Waals surface area contributed by atoms with E-state index >= 15 is 0 Å². The molecule has 0 spiro atoms. The molecule has 1 saturated carbocycles. The minimum absolute atomic E-state index is 0.0265. The lowest BCUT2D eigenvalue weighted by atomic mass is 9.97. The predicted octanol–water partition coefficient (Wildman–Crippen LogP) is 3.39. The van der Waals surface area contributed by atoms with Gasteiger partial charge in [0.05, 0.1) is 10.9 Å². The number of alkyl halides is 1. The number of halogens is 1. The Morgan fingerprint density at radius 2 is 1.88 bits per heavy atom. The van der Waals surface area contributed by atoms with E-state index in [2.05, 4.69) is 0 Å². The molecule has 0 aromatic heterocycles. The van der Waals surface area contributed by atoms with E-state index < -0.39 is 0 Å². The number of rotatable bonds is 2. The van der Waals surface area contributed by atoms with Crippen molar-refractivity contribution in [3.8, 4) is 0 Å². The fraction of sp³-hybridized carbons (Fsp3) is 0.462. The van der Waals surface area contributed by atoms with Crippen LogP contribution in [-0.4, -0.2) is 17.5 Å². The number of hydrogen-bond acceptors (Lipinski definition) is 2. The highest BCUT2D eigenvalue weighted by atomic mass is 35.5. The Hall–Kier alpha value is -1.02. The molecular formula is C13H15ClO2. The summed E-state index contributed by atoms with van der Waals surface area (Å²) in [7, 11) is 0. The molecule has 0 aliphatic heterocycles. The molecular weight excluding hydrogens is 224 g/mol. The van der Waals surface area contributed by atoms with Crippen molar-refractivity contribution in [3.05, 3.63) is 35.9 Å². The zero-order valence-electron chi connectivity index (χ0n) is 9.06. The molecule has 1 fully saturated rings. The van der Waals surface area contributed by atoms with Crippen molar-refractivity contribution in [3.63, 3.8) is 0 Å². The first-order chi connectivity index (χ1) is 7.77. The molecule has 2 rings (SSSR count). The van der Waals surface area contributed by atoms with E-state index in [1.807, 2.05) is 18.2 Å². The Morgan fingerprint density at radius 1 is 1.19 bits per heavy atom. The summed E-state index contributed by atoms with van der Waals surface area (Å²) in [4.78, 5) is 11.8. The van der Waals surface area contributed by atoms with Crippen LogP contribution >= 0.6 is 11.6 Å². The quantitative estimate of drug-likeness (QED) is 0.583. The van der Waals surface area contributed by atoms with Gasteiger partial charge in [0.15, 0.2) is 0 Å². The van der Waals surface area contributed by atoms with Gasteiger partial charge in [0.1, 0.15) is 6.10 Å². The Labute approximate surface area is 101 Å². The standard InChI is InChI=1S/C13H15ClO2/c14-11-8-4-5-9-12(11)16-13(15)10-6-2-1-3-7-10/h1-3,6-7,11-12H,4-5,8-9H2/t11-,12-/m0/s1. The summed E-state index contributed by atoms with van der Waals surface area (Å²) in [6.45, 7) is 0. The lowest BCUT2D eigenvalue weighted by Crippen LogP contribution is -2.30. The van der Waals surface area contributed by atoms with Crippen LogP contribution in [0.1, 0.15) is 36.0 Å². The summed E-state index contributed by atoms with van der Waals surface area (Å²) in [5, 5.41) is -0.0265. The molecule has 0 amide bonds. The largest absolute Gasteiger partial charge is 0.457 e. The van der Waals surface area contributed by atoms with Gasteiger partial charge in [-0.25, -0.2) is 4.79 Å². The maximum absolute atomic E-state index is 11.8. The van der Waals surface area contributed by atoms with Crippen molar-refractivity contribution in [2.45, 2.75) is 37.2 Å². The minimum Gasteiger partial charge on any atom is -0.457 e. The normalized spacial score (nSPS) is 25.1. The number of esters is 1. The van der Waals surface area contributed by atoms with Crippen LogP contribution in [0, 0.1) is 0 Å². The number of benzene rings is 1. The molecule has 0 heterocycles. The third-order valence-electron chi connectivity index (χ3n) is 2.89. The third kappa shape index (κ3) is 2.76. The fourth-order valence-electron chi connectivity index (χ4n) is 1.96. The molecule has 0 bridgehead atoms. The van der Waals surface area contributed by atoms with Crippen molar-refractivity contribution in [1.29, 1.82) is 0 Å². The van der Waals surface area contributed by atoms with Gasteiger partial charge < -0.3 is 4.74 Å². The van der Waals surface area contributed by atoms with E-state index in [4.69, 9.17) is 16.3 Å². The first kappa shape index (κ1) is 11.5. The molecule has 1 aliphatic rings. The van der Waals surface area contributed by atoms with E-state index in [0.717, 1.165) is 25.7 Å². The van der Waals surface area contributed by atoms with Crippen molar-refractivity contribution >= 4 is 17.6 Å². The van der Waals surface area contributed by atoms with Crippen molar-refractivity contribution in [1.82, 2.24) is 0 Å². The second-order valence-corrected chi connectivity index (χ2v) is 4.67. The van der Waals surface area contributed by atoms with Crippen LogP contribution in [0.4, 0.5) is 0 Å². The van der Waals surface area contributed by atoms with Gasteiger partial charge in [-0.2, -0.15) is 0 Å². The number of carbonyl (C=O) groups excluding carboxylic acids is 1. The van der Waals surface area contributed by atoms with Gasteiger partial charge in [-0.1, -0.05) is 24.6 Å². The van der Waals surface area contributed by atoms with Crippen LogP contribution in [-0.2, 0) is 4.74 Å². The SMILES string of the molecule is O=C(O[C@H]1CCCC[C@@H]1Cl)c1ccccc1. The van der Waals surface area contributed by atoms with Crippen molar-refractivity contribution in [2.75, 3.05) is 0 Å². The molecule has 16 heavy (non-hydrogen) atoms. The number of ether oxygens (including phenoxy) is 1. The number of hydrogen-bond donors (Lipinski definition) is 0. The number of carbonyl (C=O) groups is 1. The highest BCUT2D eigenvalue weighted by Gasteiger charge is 2.26. The smallest absolute Gasteiger partial charge is 0.338 e. The van der Waals surface area contributed by atoms with Gasteiger partial charge in [-0.15, -0.1) is 11.6 Å². The van der Waals surface area contributed by atoms with Crippen LogP contribution < -0.4 is 0 Å². The zero-order valence-corrected chi connectivity index (χ0v) is 9.82. The lowest BCUT2D eigenvalue weighted by Gasteiger charge is -2.26. The first-order valence-electron chi connectivity index (χ1n) is 5.67. The van der Waals surface area contributed by atoms with Crippen LogP contribution in [0.15, 0.2) is 30.3 Å². The van der Waals surface area contributed by atoms with Gasteiger partial charge in [-0.3, -0.25) is 0 Å². The van der Waals surface area contributed by atoms with E-state index in [1.54, 1.807) is 12.1 Å². The van der Waals surface area contributed by atoms with Gasteiger partial charge in [0.25, 0.3) is 0 Å². The second-order valence-electron chi connectivity index (χ2n) is 4.11. The molecule has 1 aromatic carbocycles. The minimum atomic E-state index is -0.266. The topological polar surface area (TPSA) is 26.3 Å². The summed E-state index contributed by atoms with van der Waals surface area (Å²) in [5.41, 5.74) is 0.594. The molecule has 1 aliphatic carbocycles. The zero-order chi connectivity index (χ0) is 11.4. The summed E-state index contributed by atoms with van der Waals surface area (Å²) < 4.78 is 5.42. The van der Waals surface area contributed by atoms with E-state index in [-0.39, 0.29) is 17.5 Å². The Balaban J connectivity index is 1.96. The molecule has 3 heteroatoms. The summed E-state index contributed by atoms with van der Waals surface area (Å²) in [6.07, 6.45) is 3.92. The summed E-state index contributed by atoms with van der Waals surface area (Å²) in [6, 6.07) is 9.05. The highest BCUT2D eigenvalue weighted by molar-refractivity contribution is 6.21. The van der Waals surface area contributed by atoms with Gasteiger partial charge >= 0.3 is 5.97 Å². The molecule has 1 aromatic rings. The van der Waals surface area contributed by atoms with E-state index in [9.17, 15) is 4.79 Å². The fourth-order valence-corrected chi connectivity index (χ4v) is 2.30. The monoisotopic (exact) mass is 238 g/mol. The first-order valence-corrected chi connectivity index (χ1v) is 6.11. The summed E-state index contributed by atoms with van der Waals surface area (Å²) >= 11 is 6.14. The molecule has 0 radical (unpaired) electrons. The van der Waals surface area contributed by atoms with Crippen LogP contribution in [0.2, 0.25) is 0 Å². The van der Waals surface area contributed by atoms with Gasteiger partial charge in [0, 0.05) is 0 Å². The molecule has 86 valence electrons. The van der Waals surface area contributed by atoms with Gasteiger partial charge in [0.2, 0.25) is 0 Å². The Bertz CT molecular complexity index is 350. The van der Waals surface area contributed by atoms with E-state index in [0.29, 0.717) is 5.56 Å².